The predicted molar refractivity (Wildman–Crippen MR) is 96.9 cm³/mol. The highest BCUT2D eigenvalue weighted by Gasteiger charge is 2.07. The molecule has 5 heteroatoms. The van der Waals surface area contributed by atoms with Crippen molar-refractivity contribution in [3.63, 3.8) is 0 Å². The van der Waals surface area contributed by atoms with Crippen LogP contribution in [-0.2, 0) is 4.79 Å². The van der Waals surface area contributed by atoms with E-state index in [4.69, 9.17) is 9.47 Å². The summed E-state index contributed by atoms with van der Waals surface area (Å²) in [5.74, 6) is 1.33. The standard InChI is InChI=1S/C19H24N2O3/c1-4-23-18-11-6-5-10-17(18)20-13-19(22)21-15-8-7-9-16(12-15)24-14(2)3/h5-12,14,20H,4,13H2,1-3H3,(H,21,22). The van der Waals surface area contributed by atoms with E-state index < -0.39 is 0 Å². The highest BCUT2D eigenvalue weighted by molar-refractivity contribution is 5.94. The second-order valence-corrected chi connectivity index (χ2v) is 5.53. The van der Waals surface area contributed by atoms with Gasteiger partial charge in [0.15, 0.2) is 0 Å². The Morgan fingerprint density at radius 1 is 1.12 bits per heavy atom. The van der Waals surface area contributed by atoms with Crippen LogP contribution < -0.4 is 20.1 Å². The van der Waals surface area contributed by atoms with Crippen LogP contribution in [0.15, 0.2) is 48.5 Å². The third-order valence-corrected chi connectivity index (χ3v) is 3.12. The molecule has 2 aromatic carbocycles. The third-order valence-electron chi connectivity index (χ3n) is 3.12. The second kappa shape index (κ2) is 8.82. The molecular formula is C19H24N2O3. The van der Waals surface area contributed by atoms with E-state index >= 15 is 0 Å². The van der Waals surface area contributed by atoms with Crippen LogP contribution >= 0.6 is 0 Å². The average Bonchev–Trinajstić information content (AvgIpc) is 2.54. The molecule has 128 valence electrons. The lowest BCUT2D eigenvalue weighted by Gasteiger charge is -2.13. The average molecular weight is 328 g/mol. The van der Waals surface area contributed by atoms with E-state index in [1.54, 1.807) is 0 Å². The van der Waals surface area contributed by atoms with Crippen LogP contribution in [-0.4, -0.2) is 25.2 Å². The maximum Gasteiger partial charge on any atom is 0.243 e. The Kier molecular flexibility index (Phi) is 6.49. The van der Waals surface area contributed by atoms with E-state index in [1.165, 1.54) is 0 Å². The molecule has 0 radical (unpaired) electrons. The van der Waals surface area contributed by atoms with Crippen molar-refractivity contribution in [1.29, 1.82) is 0 Å². The van der Waals surface area contributed by atoms with Crippen LogP contribution in [0, 0.1) is 0 Å². The molecule has 24 heavy (non-hydrogen) atoms. The quantitative estimate of drug-likeness (QED) is 0.771. The zero-order valence-corrected chi connectivity index (χ0v) is 14.3. The summed E-state index contributed by atoms with van der Waals surface area (Å²) < 4.78 is 11.2. The molecule has 2 N–H and O–H groups in total. The van der Waals surface area contributed by atoms with Crippen LogP contribution in [0.5, 0.6) is 11.5 Å². The van der Waals surface area contributed by atoms with Crippen molar-refractivity contribution < 1.29 is 14.3 Å². The van der Waals surface area contributed by atoms with E-state index in [0.717, 1.165) is 17.2 Å². The molecule has 0 unspecified atom stereocenters. The minimum atomic E-state index is -0.136. The summed E-state index contributed by atoms with van der Waals surface area (Å²) in [5.41, 5.74) is 1.50. The lowest BCUT2D eigenvalue weighted by Crippen LogP contribution is -2.22. The number of amides is 1. The number of hydrogen-bond donors (Lipinski definition) is 2. The van der Waals surface area contributed by atoms with Crippen molar-refractivity contribution in [3.05, 3.63) is 48.5 Å². The Balaban J connectivity index is 1.92. The summed E-state index contributed by atoms with van der Waals surface area (Å²) in [6, 6.07) is 14.9. The minimum Gasteiger partial charge on any atom is -0.492 e. The molecular weight excluding hydrogens is 304 g/mol. The van der Waals surface area contributed by atoms with Gasteiger partial charge >= 0.3 is 0 Å². The van der Waals surface area contributed by atoms with Gasteiger partial charge in [-0.3, -0.25) is 4.79 Å². The van der Waals surface area contributed by atoms with Crippen molar-refractivity contribution in [2.45, 2.75) is 26.9 Å². The van der Waals surface area contributed by atoms with E-state index in [2.05, 4.69) is 10.6 Å². The molecule has 0 saturated heterocycles. The first-order valence-electron chi connectivity index (χ1n) is 8.10. The van der Waals surface area contributed by atoms with Crippen LogP contribution in [0.2, 0.25) is 0 Å². The Bertz CT molecular complexity index is 671. The summed E-state index contributed by atoms with van der Waals surface area (Å²) in [6.07, 6.45) is 0.0904. The molecule has 0 bridgehead atoms. The fourth-order valence-corrected chi connectivity index (χ4v) is 2.19. The molecule has 0 aromatic heterocycles. The van der Waals surface area contributed by atoms with Crippen molar-refractivity contribution in [1.82, 2.24) is 0 Å². The number of anilines is 2. The number of carbonyl (C=O) groups is 1. The molecule has 0 spiro atoms. The molecule has 2 aromatic rings. The first-order chi connectivity index (χ1) is 11.6. The molecule has 5 nitrogen and oxygen atoms in total. The lowest BCUT2D eigenvalue weighted by atomic mass is 10.2. The molecule has 0 fully saturated rings. The summed E-state index contributed by atoms with van der Waals surface area (Å²) >= 11 is 0. The number of hydrogen-bond acceptors (Lipinski definition) is 4. The fraction of sp³-hybridized carbons (Fsp3) is 0.316. The second-order valence-electron chi connectivity index (χ2n) is 5.53. The molecule has 0 atom stereocenters. The van der Waals surface area contributed by atoms with Gasteiger partial charge in [-0.15, -0.1) is 0 Å². The number of carbonyl (C=O) groups excluding carboxylic acids is 1. The molecule has 0 aliphatic carbocycles. The van der Waals surface area contributed by atoms with Crippen LogP contribution in [0.4, 0.5) is 11.4 Å². The molecule has 0 aliphatic heterocycles. The maximum atomic E-state index is 12.1. The van der Waals surface area contributed by atoms with Gasteiger partial charge in [-0.2, -0.15) is 0 Å². The van der Waals surface area contributed by atoms with E-state index in [0.29, 0.717) is 12.3 Å². The Labute approximate surface area is 143 Å². The highest BCUT2D eigenvalue weighted by atomic mass is 16.5. The summed E-state index contributed by atoms with van der Waals surface area (Å²) in [7, 11) is 0. The summed E-state index contributed by atoms with van der Waals surface area (Å²) in [4.78, 5) is 12.1. The summed E-state index contributed by atoms with van der Waals surface area (Å²) in [5, 5.41) is 5.95. The third kappa shape index (κ3) is 5.50. The van der Waals surface area contributed by atoms with Crippen LogP contribution in [0.3, 0.4) is 0 Å². The maximum absolute atomic E-state index is 12.1. The zero-order chi connectivity index (χ0) is 17.4. The normalized spacial score (nSPS) is 10.3. The van der Waals surface area contributed by atoms with Crippen LogP contribution in [0.1, 0.15) is 20.8 Å². The van der Waals surface area contributed by atoms with Crippen molar-refractivity contribution in [3.8, 4) is 11.5 Å². The number of benzene rings is 2. The van der Waals surface area contributed by atoms with Gasteiger partial charge in [0, 0.05) is 11.8 Å². The van der Waals surface area contributed by atoms with Crippen molar-refractivity contribution >= 4 is 17.3 Å². The minimum absolute atomic E-state index is 0.0904. The van der Waals surface area contributed by atoms with Gasteiger partial charge in [0.1, 0.15) is 11.5 Å². The topological polar surface area (TPSA) is 59.6 Å². The number of rotatable bonds is 8. The van der Waals surface area contributed by atoms with Crippen molar-refractivity contribution in [2.24, 2.45) is 0 Å². The number of ether oxygens (including phenoxy) is 2. The van der Waals surface area contributed by atoms with Gasteiger partial charge in [0.25, 0.3) is 0 Å². The van der Waals surface area contributed by atoms with Crippen molar-refractivity contribution in [2.75, 3.05) is 23.8 Å². The van der Waals surface area contributed by atoms with Gasteiger partial charge in [-0.1, -0.05) is 18.2 Å². The van der Waals surface area contributed by atoms with E-state index in [-0.39, 0.29) is 18.6 Å². The van der Waals surface area contributed by atoms with E-state index in [1.807, 2.05) is 69.3 Å². The number of nitrogens with one attached hydrogen (secondary N) is 2. The monoisotopic (exact) mass is 328 g/mol. The predicted octanol–water partition coefficient (Wildman–Crippen LogP) is 3.92. The zero-order valence-electron chi connectivity index (χ0n) is 14.3. The highest BCUT2D eigenvalue weighted by Crippen LogP contribution is 2.23. The van der Waals surface area contributed by atoms with Gasteiger partial charge in [-0.05, 0) is 45.0 Å². The smallest absolute Gasteiger partial charge is 0.243 e. The summed E-state index contributed by atoms with van der Waals surface area (Å²) in [6.45, 7) is 6.58. The van der Waals surface area contributed by atoms with Gasteiger partial charge in [-0.25, -0.2) is 0 Å². The van der Waals surface area contributed by atoms with E-state index in [9.17, 15) is 4.79 Å². The SMILES string of the molecule is CCOc1ccccc1NCC(=O)Nc1cccc(OC(C)C)c1. The van der Waals surface area contributed by atoms with Gasteiger partial charge in [0.05, 0.1) is 24.9 Å². The van der Waals surface area contributed by atoms with Gasteiger partial charge < -0.3 is 20.1 Å². The fourth-order valence-electron chi connectivity index (χ4n) is 2.19. The Morgan fingerprint density at radius 2 is 1.92 bits per heavy atom. The number of para-hydroxylation sites is 2. The largest absolute Gasteiger partial charge is 0.492 e. The molecule has 1 amide bonds. The Hall–Kier alpha value is -2.69. The molecule has 2 rings (SSSR count). The first-order valence-corrected chi connectivity index (χ1v) is 8.10. The molecule has 0 saturated carbocycles. The molecule has 0 aliphatic rings. The Morgan fingerprint density at radius 3 is 2.67 bits per heavy atom. The van der Waals surface area contributed by atoms with Gasteiger partial charge in [0.2, 0.25) is 5.91 Å². The van der Waals surface area contributed by atoms with Crippen LogP contribution in [0.25, 0.3) is 0 Å². The first kappa shape index (κ1) is 17.7. The molecule has 0 heterocycles. The lowest BCUT2D eigenvalue weighted by molar-refractivity contribution is -0.114.